The van der Waals surface area contributed by atoms with Gasteiger partial charge in [0.2, 0.25) is 5.91 Å². The van der Waals surface area contributed by atoms with E-state index in [0.29, 0.717) is 32.2 Å². The summed E-state index contributed by atoms with van der Waals surface area (Å²) >= 11 is 0. The molecule has 2 rings (SSSR count). The Hall–Kier alpha value is -2.30. The SMILES string of the molecule is CC=CCC1CC(=O)CC1CC(=O)NCCc1ccc(O)c(O)c1. The lowest BCUT2D eigenvalue weighted by molar-refractivity contribution is -0.122. The fourth-order valence-electron chi connectivity index (χ4n) is 3.21. The molecule has 3 N–H and O–H groups in total. The fraction of sp³-hybridized carbons (Fsp3) is 0.474. The highest BCUT2D eigenvalue weighted by Gasteiger charge is 2.33. The maximum atomic E-state index is 12.1. The number of benzene rings is 1. The zero-order valence-corrected chi connectivity index (χ0v) is 14.0. The molecule has 0 aromatic heterocycles. The van der Waals surface area contributed by atoms with Crippen LogP contribution in [0.1, 0.15) is 38.2 Å². The second-order valence-corrected chi connectivity index (χ2v) is 6.40. The molecule has 1 aromatic carbocycles. The highest BCUT2D eigenvalue weighted by Crippen LogP contribution is 2.34. The lowest BCUT2D eigenvalue weighted by atomic mass is 9.90. The van der Waals surface area contributed by atoms with Crippen LogP contribution in [-0.2, 0) is 16.0 Å². The van der Waals surface area contributed by atoms with Gasteiger partial charge >= 0.3 is 0 Å². The quantitative estimate of drug-likeness (QED) is 0.529. The van der Waals surface area contributed by atoms with Crippen LogP contribution < -0.4 is 5.32 Å². The first kappa shape index (κ1) is 18.0. The molecule has 2 unspecified atom stereocenters. The Labute approximate surface area is 142 Å². The second-order valence-electron chi connectivity index (χ2n) is 6.40. The van der Waals surface area contributed by atoms with Crippen molar-refractivity contribution in [2.45, 2.75) is 39.0 Å². The molecule has 0 aliphatic heterocycles. The molecule has 0 saturated heterocycles. The molecule has 1 aliphatic carbocycles. The molecule has 0 heterocycles. The van der Waals surface area contributed by atoms with Gasteiger partial charge in [-0.15, -0.1) is 0 Å². The Kier molecular flexibility index (Phi) is 6.41. The number of hydrogen-bond donors (Lipinski definition) is 3. The van der Waals surface area contributed by atoms with Gasteiger partial charge in [-0.25, -0.2) is 0 Å². The van der Waals surface area contributed by atoms with Gasteiger partial charge in [0.05, 0.1) is 0 Å². The van der Waals surface area contributed by atoms with Gasteiger partial charge in [0.1, 0.15) is 5.78 Å². The van der Waals surface area contributed by atoms with Crippen molar-refractivity contribution in [2.75, 3.05) is 6.54 Å². The minimum Gasteiger partial charge on any atom is -0.504 e. The molecule has 1 saturated carbocycles. The summed E-state index contributed by atoms with van der Waals surface area (Å²) in [6.07, 6.45) is 6.93. The number of carbonyl (C=O) groups excluding carboxylic acids is 2. The molecule has 1 fully saturated rings. The molecule has 2 atom stereocenters. The molecule has 0 radical (unpaired) electrons. The molecule has 130 valence electrons. The van der Waals surface area contributed by atoms with Crippen LogP contribution in [-0.4, -0.2) is 28.4 Å². The third kappa shape index (κ3) is 5.11. The summed E-state index contributed by atoms with van der Waals surface area (Å²) in [4.78, 5) is 23.8. The van der Waals surface area contributed by atoms with E-state index in [-0.39, 0.29) is 35.0 Å². The number of rotatable bonds is 7. The summed E-state index contributed by atoms with van der Waals surface area (Å²) in [6, 6.07) is 4.64. The summed E-state index contributed by atoms with van der Waals surface area (Å²) in [5.74, 6) is 0.306. The number of amides is 1. The topological polar surface area (TPSA) is 86.6 Å². The monoisotopic (exact) mass is 331 g/mol. The van der Waals surface area contributed by atoms with Gasteiger partial charge < -0.3 is 15.5 Å². The largest absolute Gasteiger partial charge is 0.504 e. The maximum Gasteiger partial charge on any atom is 0.220 e. The van der Waals surface area contributed by atoms with Crippen molar-refractivity contribution < 1.29 is 19.8 Å². The first-order valence-electron chi connectivity index (χ1n) is 8.40. The molecule has 1 aromatic rings. The first-order chi connectivity index (χ1) is 11.5. The van der Waals surface area contributed by atoms with Crippen LogP contribution in [0.5, 0.6) is 11.5 Å². The Morgan fingerprint density at radius 3 is 2.71 bits per heavy atom. The molecule has 1 amide bonds. The van der Waals surface area contributed by atoms with E-state index in [2.05, 4.69) is 11.4 Å². The van der Waals surface area contributed by atoms with Gasteiger partial charge in [0.15, 0.2) is 11.5 Å². The van der Waals surface area contributed by atoms with Crippen LogP contribution in [0.3, 0.4) is 0 Å². The highest BCUT2D eigenvalue weighted by atomic mass is 16.3. The Bertz CT molecular complexity index is 624. The molecule has 0 bridgehead atoms. The Morgan fingerprint density at radius 1 is 1.25 bits per heavy atom. The van der Waals surface area contributed by atoms with Gasteiger partial charge in [-0.3, -0.25) is 9.59 Å². The van der Waals surface area contributed by atoms with Crippen molar-refractivity contribution >= 4 is 11.7 Å². The van der Waals surface area contributed by atoms with Crippen LogP contribution >= 0.6 is 0 Å². The van der Waals surface area contributed by atoms with Gasteiger partial charge in [0.25, 0.3) is 0 Å². The summed E-state index contributed by atoms with van der Waals surface area (Å²) < 4.78 is 0. The maximum absolute atomic E-state index is 12.1. The number of allylic oxidation sites excluding steroid dienone is 2. The second kappa shape index (κ2) is 8.52. The van der Waals surface area contributed by atoms with Crippen molar-refractivity contribution in [3.63, 3.8) is 0 Å². The number of carbonyl (C=O) groups is 2. The van der Waals surface area contributed by atoms with E-state index in [1.54, 1.807) is 6.07 Å². The van der Waals surface area contributed by atoms with E-state index in [0.717, 1.165) is 12.0 Å². The van der Waals surface area contributed by atoms with E-state index < -0.39 is 0 Å². The predicted octanol–water partition coefficient (Wildman–Crippen LogP) is 2.71. The lowest BCUT2D eigenvalue weighted by Crippen LogP contribution is -2.28. The predicted molar refractivity (Wildman–Crippen MR) is 91.8 cm³/mol. The number of ketones is 1. The average molecular weight is 331 g/mol. The van der Waals surface area contributed by atoms with E-state index in [9.17, 15) is 19.8 Å². The molecule has 1 aliphatic rings. The smallest absolute Gasteiger partial charge is 0.220 e. The van der Waals surface area contributed by atoms with Crippen molar-refractivity contribution in [1.29, 1.82) is 0 Å². The Morgan fingerprint density at radius 2 is 2.00 bits per heavy atom. The van der Waals surface area contributed by atoms with Crippen LogP contribution in [0.15, 0.2) is 30.4 Å². The summed E-state index contributed by atoms with van der Waals surface area (Å²) in [7, 11) is 0. The minimum absolute atomic E-state index is 0.0387. The number of phenols is 2. The van der Waals surface area contributed by atoms with Crippen LogP contribution in [0.2, 0.25) is 0 Å². The van der Waals surface area contributed by atoms with Crippen molar-refractivity contribution in [2.24, 2.45) is 11.8 Å². The van der Waals surface area contributed by atoms with E-state index in [1.807, 2.05) is 13.0 Å². The molecular weight excluding hydrogens is 306 g/mol. The van der Waals surface area contributed by atoms with Crippen LogP contribution in [0, 0.1) is 11.8 Å². The molecule has 24 heavy (non-hydrogen) atoms. The fourth-order valence-corrected chi connectivity index (χ4v) is 3.21. The van der Waals surface area contributed by atoms with Gasteiger partial charge in [-0.2, -0.15) is 0 Å². The van der Waals surface area contributed by atoms with Crippen molar-refractivity contribution in [3.05, 3.63) is 35.9 Å². The number of nitrogens with one attached hydrogen (secondary N) is 1. The van der Waals surface area contributed by atoms with Crippen molar-refractivity contribution in [3.8, 4) is 11.5 Å². The van der Waals surface area contributed by atoms with Crippen LogP contribution in [0.25, 0.3) is 0 Å². The van der Waals surface area contributed by atoms with Crippen LogP contribution in [0.4, 0.5) is 0 Å². The standard InChI is InChI=1S/C19H25NO4/c1-2-3-4-14-10-16(21)11-15(14)12-19(24)20-8-7-13-5-6-17(22)18(23)9-13/h2-3,5-6,9,14-15,22-23H,4,7-8,10-12H2,1H3,(H,20,24). The average Bonchev–Trinajstić information content (AvgIpc) is 2.88. The third-order valence-corrected chi connectivity index (χ3v) is 4.54. The van der Waals surface area contributed by atoms with Gasteiger partial charge in [-0.05, 0) is 49.3 Å². The number of hydrogen-bond acceptors (Lipinski definition) is 4. The molecule has 5 nitrogen and oxygen atoms in total. The van der Waals surface area contributed by atoms with E-state index in [1.165, 1.54) is 12.1 Å². The summed E-state index contributed by atoms with van der Waals surface area (Å²) in [6.45, 7) is 2.42. The highest BCUT2D eigenvalue weighted by molar-refractivity contribution is 5.83. The normalized spacial score (nSPS) is 20.6. The molecule has 0 spiro atoms. The van der Waals surface area contributed by atoms with E-state index >= 15 is 0 Å². The third-order valence-electron chi connectivity index (χ3n) is 4.54. The Balaban J connectivity index is 1.77. The first-order valence-corrected chi connectivity index (χ1v) is 8.40. The van der Waals surface area contributed by atoms with Gasteiger partial charge in [-0.1, -0.05) is 18.2 Å². The molecular formula is C19H25NO4. The zero-order valence-electron chi connectivity index (χ0n) is 14.0. The lowest BCUT2D eigenvalue weighted by Gasteiger charge is -2.16. The number of aromatic hydroxyl groups is 2. The zero-order chi connectivity index (χ0) is 17.5. The number of Topliss-reactive ketones (excluding diaryl/α,β-unsaturated/α-hetero) is 1. The molecule has 5 heteroatoms. The van der Waals surface area contributed by atoms with Gasteiger partial charge in [0, 0.05) is 25.8 Å². The van der Waals surface area contributed by atoms with Crippen molar-refractivity contribution in [1.82, 2.24) is 5.32 Å². The summed E-state index contributed by atoms with van der Waals surface area (Å²) in [5.41, 5.74) is 0.840. The minimum atomic E-state index is -0.157. The summed E-state index contributed by atoms with van der Waals surface area (Å²) in [5, 5.41) is 21.6. The van der Waals surface area contributed by atoms with E-state index in [4.69, 9.17) is 0 Å². The number of phenolic OH excluding ortho intramolecular Hbond substituents is 2.